The number of nitrogens with zero attached hydrogens (tertiary/aromatic N) is 2. The Hall–Kier alpha value is -1.85. The van der Waals surface area contributed by atoms with E-state index in [9.17, 15) is 14.7 Å². The number of aryl methyl sites for hydroxylation is 2. The molecule has 1 saturated heterocycles. The summed E-state index contributed by atoms with van der Waals surface area (Å²) in [5.74, 6) is 0.173. The lowest BCUT2D eigenvalue weighted by Gasteiger charge is -2.33. The fourth-order valence-corrected chi connectivity index (χ4v) is 4.26. The van der Waals surface area contributed by atoms with Gasteiger partial charge in [0.1, 0.15) is 11.8 Å². The van der Waals surface area contributed by atoms with E-state index in [4.69, 9.17) is 4.52 Å². The van der Waals surface area contributed by atoms with Crippen LogP contribution in [0.3, 0.4) is 0 Å². The number of likely N-dealkylation sites (tertiary alicyclic amines) is 1. The number of hydrogen-bond donors (Lipinski definition) is 1. The van der Waals surface area contributed by atoms with Crippen molar-refractivity contribution in [2.24, 2.45) is 5.92 Å². The van der Waals surface area contributed by atoms with Crippen molar-refractivity contribution in [1.82, 2.24) is 10.1 Å². The van der Waals surface area contributed by atoms with Gasteiger partial charge in [-0.2, -0.15) is 0 Å². The zero-order valence-electron chi connectivity index (χ0n) is 13.7. The second-order valence-corrected chi connectivity index (χ2v) is 6.81. The van der Waals surface area contributed by atoms with Gasteiger partial charge in [-0.1, -0.05) is 18.0 Å². The zero-order chi connectivity index (χ0) is 16.6. The average molecular weight is 320 g/mol. The molecule has 126 valence electrons. The van der Waals surface area contributed by atoms with Gasteiger partial charge in [0.25, 0.3) is 0 Å². The number of amides is 1. The fraction of sp³-hybridized carbons (Fsp3) is 0.706. The molecule has 1 aliphatic carbocycles. The number of carbonyl (C=O) groups excluding carboxylic acids is 1. The van der Waals surface area contributed by atoms with E-state index < -0.39 is 12.0 Å². The Balaban J connectivity index is 1.72. The average Bonchev–Trinajstić information content (AvgIpc) is 3.06. The van der Waals surface area contributed by atoms with Crippen LogP contribution >= 0.6 is 0 Å². The predicted octanol–water partition coefficient (Wildman–Crippen LogP) is 2.47. The molecule has 1 aromatic rings. The van der Waals surface area contributed by atoms with Gasteiger partial charge in [0.2, 0.25) is 5.91 Å². The standard InChI is InChI=1S/C17H24N2O4/c1-10-13(11(2)23-18-10)7-8-16(20)19-14-6-4-3-5-12(14)9-15(19)17(21)22/h12,14-15H,3-9H2,1-2H3,(H,21,22)/t12-,14-,15+/m1/s1. The molecule has 0 bridgehead atoms. The lowest BCUT2D eigenvalue weighted by molar-refractivity contribution is -0.149. The second kappa shape index (κ2) is 6.34. The van der Waals surface area contributed by atoms with Crippen LogP contribution in [0.4, 0.5) is 0 Å². The summed E-state index contributed by atoms with van der Waals surface area (Å²) in [4.78, 5) is 26.0. The van der Waals surface area contributed by atoms with Crippen molar-refractivity contribution in [2.75, 3.05) is 0 Å². The third kappa shape index (κ3) is 2.99. The smallest absolute Gasteiger partial charge is 0.326 e. The quantitative estimate of drug-likeness (QED) is 0.921. The van der Waals surface area contributed by atoms with Crippen molar-refractivity contribution in [1.29, 1.82) is 0 Å². The van der Waals surface area contributed by atoms with Gasteiger partial charge < -0.3 is 14.5 Å². The molecule has 0 spiro atoms. The Bertz CT molecular complexity index is 590. The van der Waals surface area contributed by atoms with Crippen LogP contribution in [0.2, 0.25) is 0 Å². The van der Waals surface area contributed by atoms with E-state index in [0.29, 0.717) is 25.2 Å². The fourth-order valence-electron chi connectivity index (χ4n) is 4.26. The van der Waals surface area contributed by atoms with Crippen LogP contribution in [-0.2, 0) is 16.0 Å². The third-order valence-corrected chi connectivity index (χ3v) is 5.43. The number of aliphatic carboxylic acids is 1. The van der Waals surface area contributed by atoms with E-state index in [2.05, 4.69) is 5.16 Å². The highest BCUT2D eigenvalue weighted by molar-refractivity contribution is 5.85. The summed E-state index contributed by atoms with van der Waals surface area (Å²) in [5, 5.41) is 13.4. The molecule has 2 aliphatic rings. The molecule has 6 heteroatoms. The van der Waals surface area contributed by atoms with Crippen LogP contribution in [0.1, 0.15) is 55.5 Å². The summed E-state index contributed by atoms with van der Waals surface area (Å²) in [6.45, 7) is 3.70. The molecule has 0 radical (unpaired) electrons. The summed E-state index contributed by atoms with van der Waals surface area (Å²) in [6, 6.07) is -0.540. The Morgan fingerprint density at radius 2 is 2.04 bits per heavy atom. The lowest BCUT2D eigenvalue weighted by atomic mass is 9.84. The highest BCUT2D eigenvalue weighted by atomic mass is 16.5. The summed E-state index contributed by atoms with van der Waals surface area (Å²) in [6.07, 6.45) is 5.69. The monoisotopic (exact) mass is 320 g/mol. The first kappa shape index (κ1) is 16.0. The minimum absolute atomic E-state index is 0.0493. The number of rotatable bonds is 4. The highest BCUT2D eigenvalue weighted by Gasteiger charge is 2.47. The van der Waals surface area contributed by atoms with Crippen LogP contribution in [0.5, 0.6) is 0 Å². The van der Waals surface area contributed by atoms with E-state index in [-0.39, 0.29) is 11.9 Å². The molecule has 2 heterocycles. The van der Waals surface area contributed by atoms with Gasteiger partial charge in [-0.15, -0.1) is 0 Å². The van der Waals surface area contributed by atoms with Crippen LogP contribution in [0.25, 0.3) is 0 Å². The minimum atomic E-state index is -0.870. The number of hydrogen-bond acceptors (Lipinski definition) is 4. The van der Waals surface area contributed by atoms with Crippen molar-refractivity contribution in [3.63, 3.8) is 0 Å². The number of fused-ring (bicyclic) bond motifs is 1. The lowest BCUT2D eigenvalue weighted by Crippen LogP contribution is -2.46. The van der Waals surface area contributed by atoms with Gasteiger partial charge in [0.05, 0.1) is 5.69 Å². The van der Waals surface area contributed by atoms with Crippen LogP contribution in [0, 0.1) is 19.8 Å². The maximum atomic E-state index is 12.7. The normalized spacial score (nSPS) is 27.0. The van der Waals surface area contributed by atoms with E-state index in [1.807, 2.05) is 13.8 Å². The van der Waals surface area contributed by atoms with Crippen molar-refractivity contribution in [3.8, 4) is 0 Å². The molecule has 1 amide bonds. The molecule has 1 N–H and O–H groups in total. The first-order valence-electron chi connectivity index (χ1n) is 8.44. The molecule has 3 rings (SSSR count). The molecule has 1 aliphatic heterocycles. The molecule has 1 aromatic heterocycles. The number of carboxylic acid groups (broad SMARTS) is 1. The van der Waals surface area contributed by atoms with Gasteiger partial charge >= 0.3 is 5.97 Å². The van der Waals surface area contributed by atoms with Crippen molar-refractivity contribution >= 4 is 11.9 Å². The van der Waals surface area contributed by atoms with Crippen LogP contribution < -0.4 is 0 Å². The number of aromatic nitrogens is 1. The first-order chi connectivity index (χ1) is 11.0. The third-order valence-electron chi connectivity index (χ3n) is 5.43. The van der Waals surface area contributed by atoms with Gasteiger partial charge in [0, 0.05) is 18.0 Å². The molecule has 2 fully saturated rings. The topological polar surface area (TPSA) is 83.6 Å². The second-order valence-electron chi connectivity index (χ2n) is 6.81. The van der Waals surface area contributed by atoms with Gasteiger partial charge in [-0.05, 0) is 45.4 Å². The summed E-state index contributed by atoms with van der Waals surface area (Å²) in [7, 11) is 0. The molecule has 1 saturated carbocycles. The maximum absolute atomic E-state index is 12.7. The minimum Gasteiger partial charge on any atom is -0.480 e. The SMILES string of the molecule is Cc1noc(C)c1CCC(=O)N1[C@@H]2CCCC[C@@H]2C[C@H]1C(=O)O. The van der Waals surface area contributed by atoms with Crippen molar-refractivity contribution in [3.05, 3.63) is 17.0 Å². The zero-order valence-corrected chi connectivity index (χ0v) is 13.7. The van der Waals surface area contributed by atoms with Crippen LogP contribution in [0.15, 0.2) is 4.52 Å². The summed E-state index contributed by atoms with van der Waals surface area (Å²) < 4.78 is 5.13. The molecule has 23 heavy (non-hydrogen) atoms. The maximum Gasteiger partial charge on any atom is 0.326 e. The van der Waals surface area contributed by atoms with Crippen LogP contribution in [-0.4, -0.2) is 39.1 Å². The van der Waals surface area contributed by atoms with E-state index in [0.717, 1.165) is 42.7 Å². The Labute approximate surface area is 135 Å². The Morgan fingerprint density at radius 1 is 1.30 bits per heavy atom. The molecular formula is C17H24N2O4. The molecule has 6 nitrogen and oxygen atoms in total. The van der Waals surface area contributed by atoms with Gasteiger partial charge in [0.15, 0.2) is 0 Å². The van der Waals surface area contributed by atoms with E-state index in [1.54, 1.807) is 4.90 Å². The van der Waals surface area contributed by atoms with Crippen molar-refractivity contribution < 1.29 is 19.2 Å². The van der Waals surface area contributed by atoms with E-state index >= 15 is 0 Å². The first-order valence-corrected chi connectivity index (χ1v) is 8.44. The summed E-state index contributed by atoms with van der Waals surface area (Å²) >= 11 is 0. The Morgan fingerprint density at radius 3 is 2.70 bits per heavy atom. The molecular weight excluding hydrogens is 296 g/mol. The summed E-state index contributed by atoms with van der Waals surface area (Å²) in [5.41, 5.74) is 1.77. The van der Waals surface area contributed by atoms with Crippen molar-refractivity contribution in [2.45, 2.75) is 70.9 Å². The molecule has 0 aromatic carbocycles. The largest absolute Gasteiger partial charge is 0.480 e. The predicted molar refractivity (Wildman–Crippen MR) is 82.9 cm³/mol. The molecule has 3 atom stereocenters. The van der Waals surface area contributed by atoms with Gasteiger partial charge in [-0.3, -0.25) is 4.79 Å². The Kier molecular flexibility index (Phi) is 4.41. The van der Waals surface area contributed by atoms with E-state index in [1.165, 1.54) is 0 Å². The highest BCUT2D eigenvalue weighted by Crippen LogP contribution is 2.40. The van der Waals surface area contributed by atoms with Gasteiger partial charge in [-0.25, -0.2) is 4.79 Å². The molecule has 0 unspecified atom stereocenters. The number of carbonyl (C=O) groups is 2. The number of carboxylic acids is 1.